The fourth-order valence-corrected chi connectivity index (χ4v) is 2.97. The second-order valence-corrected chi connectivity index (χ2v) is 6.59. The van der Waals surface area contributed by atoms with Gasteiger partial charge in [-0.05, 0) is 29.8 Å². The van der Waals surface area contributed by atoms with Crippen molar-refractivity contribution in [3.63, 3.8) is 0 Å². The predicted octanol–water partition coefficient (Wildman–Crippen LogP) is 4.99. The molecule has 3 aromatic carbocycles. The summed E-state index contributed by atoms with van der Waals surface area (Å²) in [6, 6.07) is 19.3. The summed E-state index contributed by atoms with van der Waals surface area (Å²) in [7, 11) is 0. The van der Waals surface area contributed by atoms with Crippen LogP contribution < -0.4 is 9.47 Å². The number of nitro benzene ring substituents is 1. The van der Waals surface area contributed by atoms with Crippen molar-refractivity contribution in [2.45, 2.75) is 0 Å². The molecule has 0 atom stereocenters. The number of hydrogen-bond acceptors (Lipinski definition) is 6. The van der Waals surface area contributed by atoms with Gasteiger partial charge in [0, 0.05) is 18.2 Å². The Morgan fingerprint density at radius 3 is 2.58 bits per heavy atom. The fourth-order valence-electron chi connectivity index (χ4n) is 2.97. The van der Waals surface area contributed by atoms with E-state index in [0.29, 0.717) is 5.56 Å². The molecule has 152 valence electrons. The lowest BCUT2D eigenvalue weighted by atomic mass is 10.1. The highest BCUT2D eigenvalue weighted by atomic mass is 16.6. The SMILES string of the molecule is O=C(Oc1ccc2c(c1)OC(=CC=Cc1ccccc1)C2=O)c1cccc([N+](=O)[O-])c1. The van der Waals surface area contributed by atoms with Gasteiger partial charge in [-0.3, -0.25) is 14.9 Å². The van der Waals surface area contributed by atoms with E-state index in [0.717, 1.165) is 11.6 Å². The molecule has 4 rings (SSSR count). The van der Waals surface area contributed by atoms with Gasteiger partial charge < -0.3 is 9.47 Å². The Morgan fingerprint density at radius 2 is 1.81 bits per heavy atom. The number of rotatable bonds is 5. The maximum atomic E-state index is 12.5. The summed E-state index contributed by atoms with van der Waals surface area (Å²) in [6.45, 7) is 0. The number of Topliss-reactive ketones (excluding diaryl/α,β-unsaturated/α-hetero) is 1. The topological polar surface area (TPSA) is 95.7 Å². The van der Waals surface area contributed by atoms with Crippen LogP contribution in [0.3, 0.4) is 0 Å². The zero-order valence-electron chi connectivity index (χ0n) is 16.1. The van der Waals surface area contributed by atoms with Crippen LogP contribution in [0.25, 0.3) is 6.08 Å². The van der Waals surface area contributed by atoms with Crippen LogP contribution in [-0.4, -0.2) is 16.7 Å². The second-order valence-electron chi connectivity index (χ2n) is 6.59. The van der Waals surface area contributed by atoms with Crippen LogP contribution in [0, 0.1) is 10.1 Å². The molecule has 1 heterocycles. The van der Waals surface area contributed by atoms with Gasteiger partial charge in [0.15, 0.2) is 5.76 Å². The van der Waals surface area contributed by atoms with Crippen molar-refractivity contribution < 1.29 is 24.0 Å². The third-order valence-corrected chi connectivity index (χ3v) is 4.48. The van der Waals surface area contributed by atoms with Crippen molar-refractivity contribution in [2.24, 2.45) is 0 Å². The molecular formula is C24H15NO6. The van der Waals surface area contributed by atoms with E-state index in [4.69, 9.17) is 9.47 Å². The third kappa shape index (κ3) is 4.40. The lowest BCUT2D eigenvalue weighted by Crippen LogP contribution is -2.08. The monoisotopic (exact) mass is 413 g/mol. The van der Waals surface area contributed by atoms with Crippen molar-refractivity contribution >= 4 is 23.5 Å². The Bertz CT molecular complexity index is 1240. The number of nitrogens with zero attached hydrogens (tertiary/aromatic N) is 1. The van der Waals surface area contributed by atoms with Crippen LogP contribution >= 0.6 is 0 Å². The minimum absolute atomic E-state index is 0.0401. The first-order valence-corrected chi connectivity index (χ1v) is 9.28. The number of ether oxygens (including phenoxy) is 2. The number of benzene rings is 3. The van der Waals surface area contributed by atoms with Crippen molar-refractivity contribution in [3.8, 4) is 11.5 Å². The molecule has 0 N–H and O–H groups in total. The Kier molecular flexibility index (Phi) is 5.40. The number of ketones is 1. The average molecular weight is 413 g/mol. The molecule has 0 amide bonds. The summed E-state index contributed by atoms with van der Waals surface area (Å²) in [5, 5.41) is 10.9. The lowest BCUT2D eigenvalue weighted by Gasteiger charge is -2.05. The number of carbonyl (C=O) groups is 2. The number of esters is 1. The van der Waals surface area contributed by atoms with Crippen LogP contribution in [0.5, 0.6) is 11.5 Å². The summed E-state index contributed by atoms with van der Waals surface area (Å²) >= 11 is 0. The highest BCUT2D eigenvalue weighted by Gasteiger charge is 2.27. The molecule has 0 aliphatic carbocycles. The molecule has 0 saturated carbocycles. The number of hydrogen-bond donors (Lipinski definition) is 0. The van der Waals surface area contributed by atoms with Crippen molar-refractivity contribution in [2.75, 3.05) is 0 Å². The molecule has 1 aliphatic rings. The van der Waals surface area contributed by atoms with Crippen LogP contribution in [0.15, 0.2) is 90.7 Å². The number of carbonyl (C=O) groups excluding carboxylic acids is 2. The average Bonchev–Trinajstić information content (AvgIpc) is 3.09. The van der Waals surface area contributed by atoms with Gasteiger partial charge in [-0.1, -0.05) is 48.6 Å². The van der Waals surface area contributed by atoms with Gasteiger partial charge in [0.2, 0.25) is 5.78 Å². The number of nitro groups is 1. The summed E-state index contributed by atoms with van der Waals surface area (Å²) in [4.78, 5) is 35.1. The molecular weight excluding hydrogens is 398 g/mol. The maximum absolute atomic E-state index is 12.5. The highest BCUT2D eigenvalue weighted by molar-refractivity contribution is 6.12. The Morgan fingerprint density at radius 1 is 1.00 bits per heavy atom. The molecule has 0 unspecified atom stereocenters. The fraction of sp³-hybridized carbons (Fsp3) is 0. The quantitative estimate of drug-likeness (QED) is 0.192. The van der Waals surface area contributed by atoms with Crippen molar-refractivity contribution in [3.05, 3.63) is 118 Å². The zero-order chi connectivity index (χ0) is 21.8. The minimum Gasteiger partial charge on any atom is -0.452 e. The Labute approximate surface area is 177 Å². The van der Waals surface area contributed by atoms with E-state index in [9.17, 15) is 19.7 Å². The van der Waals surface area contributed by atoms with Gasteiger partial charge in [-0.2, -0.15) is 0 Å². The van der Waals surface area contributed by atoms with Crippen molar-refractivity contribution in [1.29, 1.82) is 0 Å². The predicted molar refractivity (Wildman–Crippen MR) is 113 cm³/mol. The first kappa shape index (κ1) is 19.8. The maximum Gasteiger partial charge on any atom is 0.343 e. The Hall–Kier alpha value is -4.52. The first-order chi connectivity index (χ1) is 15.0. The second kappa shape index (κ2) is 8.46. The summed E-state index contributed by atoms with van der Waals surface area (Å²) in [5.74, 6) is -0.444. The standard InChI is InChI=1S/C24H15NO6/c26-23-20-13-12-19(30-24(27)17-9-5-10-18(14-17)25(28)29)15-22(20)31-21(23)11-4-8-16-6-2-1-3-7-16/h1-15H. The van der Waals surface area contributed by atoms with Gasteiger partial charge >= 0.3 is 5.97 Å². The van der Waals surface area contributed by atoms with Gasteiger partial charge in [-0.15, -0.1) is 0 Å². The van der Waals surface area contributed by atoms with Crippen LogP contribution in [0.4, 0.5) is 5.69 Å². The Balaban J connectivity index is 1.49. The number of allylic oxidation sites excluding steroid dienone is 3. The summed E-state index contributed by atoms with van der Waals surface area (Å²) < 4.78 is 10.9. The van der Waals surface area contributed by atoms with E-state index < -0.39 is 10.9 Å². The summed E-state index contributed by atoms with van der Waals surface area (Å²) in [6.07, 6.45) is 5.14. The van der Waals surface area contributed by atoms with E-state index in [1.54, 1.807) is 12.2 Å². The normalized spacial score (nSPS) is 13.8. The third-order valence-electron chi connectivity index (χ3n) is 4.48. The molecule has 1 aliphatic heterocycles. The van der Waals surface area contributed by atoms with Gasteiger partial charge in [-0.25, -0.2) is 4.79 Å². The molecule has 31 heavy (non-hydrogen) atoms. The molecule has 0 bridgehead atoms. The first-order valence-electron chi connectivity index (χ1n) is 9.28. The molecule has 0 spiro atoms. The number of non-ortho nitro benzene ring substituents is 1. The van der Waals surface area contributed by atoms with Gasteiger partial charge in [0.1, 0.15) is 11.5 Å². The van der Waals surface area contributed by atoms with E-state index in [2.05, 4.69) is 0 Å². The molecule has 7 nitrogen and oxygen atoms in total. The molecule has 0 saturated heterocycles. The molecule has 0 aromatic heterocycles. The van der Waals surface area contributed by atoms with Gasteiger partial charge in [0.25, 0.3) is 5.69 Å². The van der Waals surface area contributed by atoms with E-state index >= 15 is 0 Å². The molecule has 3 aromatic rings. The molecule has 0 radical (unpaired) electrons. The van der Waals surface area contributed by atoms with E-state index in [1.165, 1.54) is 36.4 Å². The largest absolute Gasteiger partial charge is 0.452 e. The smallest absolute Gasteiger partial charge is 0.343 e. The lowest BCUT2D eigenvalue weighted by molar-refractivity contribution is -0.384. The van der Waals surface area contributed by atoms with Crippen molar-refractivity contribution in [1.82, 2.24) is 0 Å². The number of fused-ring (bicyclic) bond motifs is 1. The van der Waals surface area contributed by atoms with Crippen LogP contribution in [0.2, 0.25) is 0 Å². The van der Waals surface area contributed by atoms with Gasteiger partial charge in [0.05, 0.1) is 16.1 Å². The van der Waals surface area contributed by atoms with E-state index in [1.807, 2.05) is 36.4 Å². The van der Waals surface area contributed by atoms with E-state index in [-0.39, 0.29) is 34.3 Å². The summed E-state index contributed by atoms with van der Waals surface area (Å²) in [5.41, 5.74) is 1.17. The molecule has 0 fully saturated rings. The molecule has 7 heteroatoms. The van der Waals surface area contributed by atoms with Crippen LogP contribution in [-0.2, 0) is 0 Å². The minimum atomic E-state index is -0.755. The highest BCUT2D eigenvalue weighted by Crippen LogP contribution is 2.34. The van der Waals surface area contributed by atoms with Crippen LogP contribution in [0.1, 0.15) is 26.3 Å². The zero-order valence-corrected chi connectivity index (χ0v) is 16.1.